The van der Waals surface area contributed by atoms with Gasteiger partial charge in [-0.15, -0.1) is 0 Å². The van der Waals surface area contributed by atoms with Gasteiger partial charge in [0.1, 0.15) is 0 Å². The molecule has 26 heavy (non-hydrogen) atoms. The van der Waals surface area contributed by atoms with E-state index < -0.39 is 0 Å². The van der Waals surface area contributed by atoms with Gasteiger partial charge in [0.15, 0.2) is 0 Å². The second kappa shape index (κ2) is 8.05. The van der Waals surface area contributed by atoms with Crippen LogP contribution in [0.4, 0.5) is 5.69 Å². The number of rotatable bonds is 5. The molecular formula is C23H25BrN2. The molecule has 3 heteroatoms. The molecule has 0 bridgehead atoms. The number of aliphatic imine (C=N–C) groups is 1. The average molecular weight is 409 g/mol. The summed E-state index contributed by atoms with van der Waals surface area (Å²) in [4.78, 5) is 4.68. The number of halogens is 1. The Labute approximate surface area is 164 Å². The Bertz CT molecular complexity index is 903. The molecule has 0 saturated heterocycles. The first kappa shape index (κ1) is 18.7. The molecule has 0 radical (unpaired) electrons. The Kier molecular flexibility index (Phi) is 5.77. The van der Waals surface area contributed by atoms with E-state index in [9.17, 15) is 0 Å². The summed E-state index contributed by atoms with van der Waals surface area (Å²) < 4.78 is 3.35. The van der Waals surface area contributed by atoms with E-state index >= 15 is 0 Å². The van der Waals surface area contributed by atoms with E-state index in [1.54, 1.807) is 0 Å². The van der Waals surface area contributed by atoms with Gasteiger partial charge in [0.25, 0.3) is 0 Å². The van der Waals surface area contributed by atoms with Crippen molar-refractivity contribution in [1.29, 1.82) is 0 Å². The fourth-order valence-electron chi connectivity index (χ4n) is 3.17. The summed E-state index contributed by atoms with van der Waals surface area (Å²) >= 11 is 3.50. The van der Waals surface area contributed by atoms with Crippen molar-refractivity contribution in [2.75, 3.05) is 0 Å². The third-order valence-electron chi connectivity index (χ3n) is 4.98. The molecule has 0 N–H and O–H groups in total. The molecule has 2 aromatic carbocycles. The molecule has 3 rings (SSSR count). The first-order chi connectivity index (χ1) is 12.5. The normalized spacial score (nSPS) is 12.7. The lowest BCUT2D eigenvalue weighted by Crippen LogP contribution is -1.99. The summed E-state index contributed by atoms with van der Waals surface area (Å²) in [6.07, 6.45) is 3.13. The van der Waals surface area contributed by atoms with Crippen LogP contribution in [0.15, 0.2) is 64.1 Å². The van der Waals surface area contributed by atoms with Gasteiger partial charge in [-0.1, -0.05) is 41.9 Å². The fourth-order valence-corrected chi connectivity index (χ4v) is 3.44. The van der Waals surface area contributed by atoms with Crippen LogP contribution in [0.5, 0.6) is 0 Å². The van der Waals surface area contributed by atoms with E-state index in [0.717, 1.165) is 22.1 Å². The Morgan fingerprint density at radius 3 is 2.31 bits per heavy atom. The third-order valence-corrected chi connectivity index (χ3v) is 5.51. The monoisotopic (exact) mass is 408 g/mol. The topological polar surface area (TPSA) is 17.3 Å². The molecule has 3 aromatic rings. The standard InChI is InChI=1S/C23H25BrN2/c1-5-16(2)19-6-10-22(11-7-19)25-15-20-14-17(3)26(18(20)4)23-12-8-21(24)9-13-23/h6-16H,5H2,1-4H3/t16-/m1/s1. The van der Waals surface area contributed by atoms with E-state index in [-0.39, 0.29) is 0 Å². The highest BCUT2D eigenvalue weighted by Gasteiger charge is 2.09. The fraction of sp³-hybridized carbons (Fsp3) is 0.261. The van der Waals surface area contributed by atoms with Gasteiger partial charge in [0.05, 0.1) is 5.69 Å². The van der Waals surface area contributed by atoms with Crippen molar-refractivity contribution in [3.05, 3.63) is 81.6 Å². The maximum absolute atomic E-state index is 4.68. The summed E-state index contributed by atoms with van der Waals surface area (Å²) in [5.41, 5.74) is 7.09. The molecule has 0 unspecified atom stereocenters. The van der Waals surface area contributed by atoms with Crippen LogP contribution in [0, 0.1) is 13.8 Å². The number of hydrogen-bond acceptors (Lipinski definition) is 1. The first-order valence-corrected chi connectivity index (χ1v) is 9.87. The molecule has 0 saturated carbocycles. The van der Waals surface area contributed by atoms with Gasteiger partial charge in [-0.3, -0.25) is 4.99 Å². The van der Waals surface area contributed by atoms with Gasteiger partial charge >= 0.3 is 0 Å². The van der Waals surface area contributed by atoms with Crippen LogP contribution >= 0.6 is 15.9 Å². The Hall–Kier alpha value is -2.13. The molecule has 1 atom stereocenters. The minimum atomic E-state index is 0.595. The number of benzene rings is 2. The minimum Gasteiger partial charge on any atom is -0.318 e. The number of nitrogens with zero attached hydrogens (tertiary/aromatic N) is 2. The highest BCUT2D eigenvalue weighted by atomic mass is 79.9. The molecule has 0 spiro atoms. The predicted octanol–water partition coefficient (Wildman–Crippen LogP) is 7.12. The molecule has 134 valence electrons. The zero-order valence-corrected chi connectivity index (χ0v) is 17.4. The zero-order valence-electron chi connectivity index (χ0n) is 15.8. The Morgan fingerprint density at radius 2 is 1.69 bits per heavy atom. The molecule has 0 aliphatic rings. The summed E-state index contributed by atoms with van der Waals surface area (Å²) in [5.74, 6) is 0.595. The van der Waals surface area contributed by atoms with E-state index in [1.165, 1.54) is 22.6 Å². The van der Waals surface area contributed by atoms with Crippen molar-refractivity contribution in [3.63, 3.8) is 0 Å². The van der Waals surface area contributed by atoms with Crippen molar-refractivity contribution in [3.8, 4) is 5.69 Å². The zero-order chi connectivity index (χ0) is 18.7. The number of aromatic nitrogens is 1. The van der Waals surface area contributed by atoms with Crippen LogP contribution in [0.3, 0.4) is 0 Å². The van der Waals surface area contributed by atoms with Crippen LogP contribution in [0.1, 0.15) is 48.7 Å². The Morgan fingerprint density at radius 1 is 1.04 bits per heavy atom. The smallest absolute Gasteiger partial charge is 0.0630 e. The van der Waals surface area contributed by atoms with Crippen LogP contribution < -0.4 is 0 Å². The van der Waals surface area contributed by atoms with E-state index in [1.807, 2.05) is 6.21 Å². The van der Waals surface area contributed by atoms with Gasteiger partial charge in [0, 0.05) is 33.3 Å². The summed E-state index contributed by atoms with van der Waals surface area (Å²) in [6.45, 7) is 8.75. The highest BCUT2D eigenvalue weighted by molar-refractivity contribution is 9.10. The van der Waals surface area contributed by atoms with E-state index in [2.05, 4.69) is 108 Å². The molecule has 1 aromatic heterocycles. The second-order valence-electron chi connectivity index (χ2n) is 6.80. The number of aryl methyl sites for hydroxylation is 1. The van der Waals surface area contributed by atoms with Crippen LogP contribution in [-0.2, 0) is 0 Å². The van der Waals surface area contributed by atoms with Gasteiger partial charge in [0.2, 0.25) is 0 Å². The van der Waals surface area contributed by atoms with Crippen LogP contribution in [0.2, 0.25) is 0 Å². The van der Waals surface area contributed by atoms with Gasteiger partial charge in [-0.25, -0.2) is 0 Å². The molecule has 0 amide bonds. The lowest BCUT2D eigenvalue weighted by molar-refractivity contribution is 0.734. The van der Waals surface area contributed by atoms with Crippen LogP contribution in [-0.4, -0.2) is 10.8 Å². The Balaban J connectivity index is 1.85. The van der Waals surface area contributed by atoms with Gasteiger partial charge in [-0.05, 0) is 74.2 Å². The molecular weight excluding hydrogens is 384 g/mol. The molecule has 1 heterocycles. The maximum atomic E-state index is 4.68. The number of hydrogen-bond donors (Lipinski definition) is 0. The largest absolute Gasteiger partial charge is 0.318 e. The van der Waals surface area contributed by atoms with Crippen molar-refractivity contribution in [2.24, 2.45) is 4.99 Å². The summed E-state index contributed by atoms with van der Waals surface area (Å²) in [6, 6.07) is 19.2. The molecule has 0 aliphatic carbocycles. The summed E-state index contributed by atoms with van der Waals surface area (Å²) in [5, 5.41) is 0. The van der Waals surface area contributed by atoms with Gasteiger partial charge in [-0.2, -0.15) is 0 Å². The minimum absolute atomic E-state index is 0.595. The van der Waals surface area contributed by atoms with Crippen molar-refractivity contribution < 1.29 is 0 Å². The molecule has 0 fully saturated rings. The van der Waals surface area contributed by atoms with Crippen molar-refractivity contribution >= 4 is 27.8 Å². The first-order valence-electron chi connectivity index (χ1n) is 9.08. The molecule has 0 aliphatic heterocycles. The van der Waals surface area contributed by atoms with Gasteiger partial charge < -0.3 is 4.57 Å². The lowest BCUT2D eigenvalue weighted by atomic mass is 9.99. The predicted molar refractivity (Wildman–Crippen MR) is 115 cm³/mol. The lowest BCUT2D eigenvalue weighted by Gasteiger charge is -2.09. The van der Waals surface area contributed by atoms with E-state index in [4.69, 9.17) is 0 Å². The summed E-state index contributed by atoms with van der Waals surface area (Å²) in [7, 11) is 0. The maximum Gasteiger partial charge on any atom is 0.0630 e. The van der Waals surface area contributed by atoms with Crippen LogP contribution in [0.25, 0.3) is 5.69 Å². The van der Waals surface area contributed by atoms with E-state index in [0.29, 0.717) is 5.92 Å². The average Bonchev–Trinajstić information content (AvgIpc) is 2.94. The second-order valence-corrected chi connectivity index (χ2v) is 7.71. The quantitative estimate of drug-likeness (QED) is 0.399. The van der Waals surface area contributed by atoms with Crippen molar-refractivity contribution in [1.82, 2.24) is 4.57 Å². The molecule has 2 nitrogen and oxygen atoms in total. The third kappa shape index (κ3) is 3.99. The highest BCUT2D eigenvalue weighted by Crippen LogP contribution is 2.24. The van der Waals surface area contributed by atoms with Crippen molar-refractivity contribution in [2.45, 2.75) is 40.0 Å². The SMILES string of the molecule is CC[C@@H](C)c1ccc(N=Cc2cc(C)n(-c3ccc(Br)cc3)c2C)cc1.